The van der Waals surface area contributed by atoms with E-state index in [4.69, 9.17) is 4.74 Å². The number of aryl methyl sites for hydroxylation is 2. The van der Waals surface area contributed by atoms with E-state index in [1.807, 2.05) is 59.1 Å². The second kappa shape index (κ2) is 15.4. The molecule has 1 aromatic rings. The summed E-state index contributed by atoms with van der Waals surface area (Å²) in [5.74, 6) is 0.174. The highest BCUT2D eigenvalue weighted by atomic mass is 32.2. The third kappa shape index (κ3) is 10.5. The van der Waals surface area contributed by atoms with Gasteiger partial charge >= 0.3 is 6.09 Å². The lowest BCUT2D eigenvalue weighted by Gasteiger charge is -2.44. The van der Waals surface area contributed by atoms with E-state index in [9.17, 15) is 14.4 Å². The third-order valence-electron chi connectivity index (χ3n) is 6.79. The minimum Gasteiger partial charge on any atom is -0.444 e. The van der Waals surface area contributed by atoms with E-state index >= 15 is 0 Å². The molecule has 0 fully saturated rings. The van der Waals surface area contributed by atoms with Crippen LogP contribution in [0.25, 0.3) is 0 Å². The summed E-state index contributed by atoms with van der Waals surface area (Å²) in [4.78, 5) is 42.6. The number of rotatable bonds is 14. The van der Waals surface area contributed by atoms with Gasteiger partial charge in [-0.1, -0.05) is 44.9 Å². The molecule has 0 aromatic heterocycles. The molecule has 0 heterocycles. The highest BCUT2D eigenvalue weighted by molar-refractivity contribution is 7.98. The number of amides is 3. The zero-order valence-electron chi connectivity index (χ0n) is 25.3. The largest absolute Gasteiger partial charge is 0.444 e. The maximum Gasteiger partial charge on any atom is 0.408 e. The van der Waals surface area contributed by atoms with Crippen molar-refractivity contribution in [2.75, 3.05) is 18.6 Å². The van der Waals surface area contributed by atoms with E-state index in [1.54, 1.807) is 37.4 Å². The molecule has 1 aromatic carbocycles. The third-order valence-corrected chi connectivity index (χ3v) is 7.43. The molecule has 7 nitrogen and oxygen atoms in total. The standard InChI is InChI=1S/C30H51N3O4S/c1-11-13-14-18-31-26(34)25(23-16-15-21(3)22(4)20-23)33(30(8,9)12-2)27(35)24(17-19-38-10)32-28(36)37-29(5,6)7/h15-16,20,24-25H,11-14,17-19H2,1-10H3,(H,31,34)(H,32,36). The van der Waals surface area contributed by atoms with Crippen molar-refractivity contribution in [3.8, 4) is 0 Å². The minimum absolute atomic E-state index is 0.208. The van der Waals surface area contributed by atoms with Crippen LogP contribution in [0.5, 0.6) is 0 Å². The molecule has 2 unspecified atom stereocenters. The number of thioether (sulfide) groups is 1. The molecule has 0 saturated heterocycles. The minimum atomic E-state index is -0.837. The first-order valence-electron chi connectivity index (χ1n) is 13.8. The van der Waals surface area contributed by atoms with Crippen molar-refractivity contribution < 1.29 is 19.1 Å². The Morgan fingerprint density at radius 2 is 1.68 bits per heavy atom. The SMILES string of the molecule is CCCCCNC(=O)C(c1ccc(C)c(C)c1)N(C(=O)C(CCSC)NC(=O)OC(C)(C)C)C(C)(C)CC. The van der Waals surface area contributed by atoms with Crippen molar-refractivity contribution in [2.24, 2.45) is 0 Å². The number of carbonyl (C=O) groups is 3. The number of nitrogens with zero attached hydrogens (tertiary/aromatic N) is 1. The average molecular weight is 550 g/mol. The van der Waals surface area contributed by atoms with Crippen LogP contribution in [0.2, 0.25) is 0 Å². The second-order valence-electron chi connectivity index (χ2n) is 11.6. The summed E-state index contributed by atoms with van der Waals surface area (Å²) in [6.45, 7) is 18.0. The summed E-state index contributed by atoms with van der Waals surface area (Å²) in [6, 6.07) is 4.26. The van der Waals surface area contributed by atoms with Crippen LogP contribution in [0.3, 0.4) is 0 Å². The van der Waals surface area contributed by atoms with Crippen LogP contribution in [0, 0.1) is 13.8 Å². The number of carbonyl (C=O) groups excluding carboxylic acids is 3. The predicted octanol–water partition coefficient (Wildman–Crippen LogP) is 6.31. The van der Waals surface area contributed by atoms with Gasteiger partial charge in [0.2, 0.25) is 11.8 Å². The van der Waals surface area contributed by atoms with E-state index in [0.29, 0.717) is 25.1 Å². The van der Waals surface area contributed by atoms with Crippen molar-refractivity contribution in [1.29, 1.82) is 0 Å². The zero-order valence-corrected chi connectivity index (χ0v) is 26.1. The van der Waals surface area contributed by atoms with Gasteiger partial charge in [0, 0.05) is 12.1 Å². The van der Waals surface area contributed by atoms with Crippen molar-refractivity contribution in [3.05, 3.63) is 34.9 Å². The Morgan fingerprint density at radius 3 is 2.21 bits per heavy atom. The van der Waals surface area contributed by atoms with Crippen molar-refractivity contribution in [2.45, 2.75) is 118 Å². The quantitative estimate of drug-likeness (QED) is 0.265. The number of ether oxygens (including phenoxy) is 1. The summed E-state index contributed by atoms with van der Waals surface area (Å²) >= 11 is 1.60. The van der Waals surface area contributed by atoms with Crippen LogP contribution in [-0.4, -0.2) is 58.5 Å². The highest BCUT2D eigenvalue weighted by Gasteiger charge is 2.43. The lowest BCUT2D eigenvalue weighted by Crippen LogP contribution is -2.59. The molecule has 1 rings (SSSR count). The molecule has 0 aliphatic rings. The zero-order chi connectivity index (χ0) is 29.1. The van der Waals surface area contributed by atoms with E-state index in [0.717, 1.165) is 36.0 Å². The van der Waals surface area contributed by atoms with Crippen LogP contribution in [0.1, 0.15) is 103 Å². The molecule has 8 heteroatoms. The highest BCUT2D eigenvalue weighted by Crippen LogP contribution is 2.33. The van der Waals surface area contributed by atoms with E-state index in [2.05, 4.69) is 17.6 Å². The Labute approximate surface area is 235 Å². The molecule has 0 saturated carbocycles. The van der Waals surface area contributed by atoms with Gasteiger partial charge in [0.05, 0.1) is 0 Å². The first-order chi connectivity index (χ1) is 17.7. The van der Waals surface area contributed by atoms with Gasteiger partial charge in [-0.3, -0.25) is 9.59 Å². The van der Waals surface area contributed by atoms with Crippen molar-refractivity contribution in [3.63, 3.8) is 0 Å². The summed E-state index contributed by atoms with van der Waals surface area (Å²) < 4.78 is 5.48. The molecule has 3 amide bonds. The molecule has 0 aliphatic heterocycles. The summed E-state index contributed by atoms with van der Waals surface area (Å²) in [5, 5.41) is 5.90. The number of alkyl carbamates (subject to hydrolysis) is 1. The van der Waals surface area contributed by atoms with Crippen molar-refractivity contribution >= 4 is 29.7 Å². The summed E-state index contributed by atoms with van der Waals surface area (Å²) in [5.41, 5.74) is 1.58. The van der Waals surface area contributed by atoms with Gasteiger partial charge in [-0.05, 0) is 96.4 Å². The molecule has 0 radical (unpaired) electrons. The Bertz CT molecular complexity index is 927. The van der Waals surface area contributed by atoms with Crippen LogP contribution in [0.4, 0.5) is 4.79 Å². The van der Waals surface area contributed by atoms with Crippen LogP contribution in [0.15, 0.2) is 18.2 Å². The average Bonchev–Trinajstić information content (AvgIpc) is 2.82. The molecule has 0 spiro atoms. The summed E-state index contributed by atoms with van der Waals surface area (Å²) in [6.07, 6.45) is 5.33. The Kier molecular flexibility index (Phi) is 13.7. The Balaban J connectivity index is 3.59. The normalized spacial score (nSPS) is 13.4. The second-order valence-corrected chi connectivity index (χ2v) is 12.6. The monoisotopic (exact) mass is 549 g/mol. The number of hydrogen-bond donors (Lipinski definition) is 2. The molecule has 216 valence electrons. The summed E-state index contributed by atoms with van der Waals surface area (Å²) in [7, 11) is 0. The fraction of sp³-hybridized carbons (Fsp3) is 0.700. The van der Waals surface area contributed by atoms with E-state index in [1.165, 1.54) is 0 Å². The topological polar surface area (TPSA) is 87.7 Å². The number of hydrogen-bond acceptors (Lipinski definition) is 5. The maximum atomic E-state index is 14.4. The van der Waals surface area contributed by atoms with Gasteiger partial charge in [0.15, 0.2) is 0 Å². The van der Waals surface area contributed by atoms with Crippen LogP contribution >= 0.6 is 11.8 Å². The maximum absolute atomic E-state index is 14.4. The van der Waals surface area contributed by atoms with Gasteiger partial charge in [-0.25, -0.2) is 4.79 Å². The van der Waals surface area contributed by atoms with Crippen LogP contribution in [-0.2, 0) is 14.3 Å². The number of nitrogens with one attached hydrogen (secondary N) is 2. The van der Waals surface area contributed by atoms with Gasteiger partial charge < -0.3 is 20.3 Å². The molecule has 2 N–H and O–H groups in total. The van der Waals surface area contributed by atoms with E-state index < -0.39 is 29.3 Å². The lowest BCUT2D eigenvalue weighted by molar-refractivity contribution is -0.149. The van der Waals surface area contributed by atoms with Crippen LogP contribution < -0.4 is 10.6 Å². The smallest absolute Gasteiger partial charge is 0.408 e. The fourth-order valence-electron chi connectivity index (χ4n) is 4.09. The predicted molar refractivity (Wildman–Crippen MR) is 159 cm³/mol. The fourth-order valence-corrected chi connectivity index (χ4v) is 4.56. The molecule has 2 atom stereocenters. The lowest BCUT2D eigenvalue weighted by atomic mass is 9.90. The molecule has 0 aliphatic carbocycles. The van der Waals surface area contributed by atoms with Gasteiger partial charge in [0.25, 0.3) is 0 Å². The Hall–Kier alpha value is -2.22. The van der Waals surface area contributed by atoms with E-state index in [-0.39, 0.29) is 11.8 Å². The number of unbranched alkanes of at least 4 members (excludes halogenated alkanes) is 2. The molecule has 0 bridgehead atoms. The Morgan fingerprint density at radius 1 is 1.03 bits per heavy atom. The van der Waals surface area contributed by atoms with Gasteiger partial charge in [-0.2, -0.15) is 11.8 Å². The van der Waals surface area contributed by atoms with Gasteiger partial charge in [-0.15, -0.1) is 0 Å². The number of benzene rings is 1. The van der Waals surface area contributed by atoms with Gasteiger partial charge in [0.1, 0.15) is 17.7 Å². The molecule has 38 heavy (non-hydrogen) atoms. The molecular formula is C30H51N3O4S. The first kappa shape index (κ1) is 33.8. The van der Waals surface area contributed by atoms with Crippen molar-refractivity contribution in [1.82, 2.24) is 15.5 Å². The first-order valence-corrected chi connectivity index (χ1v) is 15.2. The molecular weight excluding hydrogens is 498 g/mol.